The van der Waals surface area contributed by atoms with Crippen molar-refractivity contribution in [2.24, 2.45) is 10.9 Å². The number of halogens is 1. The fourth-order valence-corrected chi connectivity index (χ4v) is 4.62. The third-order valence-electron chi connectivity index (χ3n) is 6.24. The van der Waals surface area contributed by atoms with Gasteiger partial charge >= 0.3 is 0 Å². The number of fused-ring (bicyclic) bond motifs is 1. The number of aliphatic imine (C=N–C) groups is 1. The van der Waals surface area contributed by atoms with E-state index >= 15 is 0 Å². The maximum atomic E-state index is 4.56. The summed E-state index contributed by atoms with van der Waals surface area (Å²) in [5.41, 5.74) is 2.38. The van der Waals surface area contributed by atoms with E-state index in [1.807, 2.05) is 31.4 Å². The second-order valence-electron chi connectivity index (χ2n) is 8.04. The lowest BCUT2D eigenvalue weighted by atomic mass is 9.79. The van der Waals surface area contributed by atoms with Gasteiger partial charge in [0.05, 0.1) is 0 Å². The lowest BCUT2D eigenvalue weighted by Gasteiger charge is -2.40. The van der Waals surface area contributed by atoms with Crippen LogP contribution in [0.25, 0.3) is 5.65 Å². The van der Waals surface area contributed by atoms with Gasteiger partial charge in [0.2, 0.25) is 0 Å². The highest BCUT2D eigenvalue weighted by Gasteiger charge is 2.30. The van der Waals surface area contributed by atoms with E-state index < -0.39 is 0 Å². The molecule has 1 N–H and O–H groups in total. The number of piperidine rings is 1. The van der Waals surface area contributed by atoms with Crippen molar-refractivity contribution in [3.8, 4) is 0 Å². The van der Waals surface area contributed by atoms with E-state index in [4.69, 9.17) is 0 Å². The Morgan fingerprint density at radius 1 is 1.13 bits per heavy atom. The first-order chi connectivity index (χ1) is 14.8. The van der Waals surface area contributed by atoms with Crippen molar-refractivity contribution in [1.29, 1.82) is 0 Å². The van der Waals surface area contributed by atoms with Gasteiger partial charge in [-0.3, -0.25) is 9.39 Å². The molecular formula is C24H33IN6. The summed E-state index contributed by atoms with van der Waals surface area (Å²) >= 11 is 0. The van der Waals surface area contributed by atoms with Crippen molar-refractivity contribution in [2.45, 2.75) is 38.5 Å². The van der Waals surface area contributed by atoms with Crippen LogP contribution in [0.1, 0.15) is 43.5 Å². The first-order valence-electron chi connectivity index (χ1n) is 11.1. The van der Waals surface area contributed by atoms with Crippen LogP contribution in [0, 0.1) is 5.92 Å². The number of benzene rings is 1. The van der Waals surface area contributed by atoms with Gasteiger partial charge in [-0.05, 0) is 42.4 Å². The second kappa shape index (κ2) is 11.5. The van der Waals surface area contributed by atoms with Crippen molar-refractivity contribution >= 4 is 35.6 Å². The van der Waals surface area contributed by atoms with Crippen molar-refractivity contribution < 1.29 is 0 Å². The average Bonchev–Trinajstić information content (AvgIpc) is 3.22. The number of nitrogens with one attached hydrogen (secondary N) is 1. The largest absolute Gasteiger partial charge is 0.356 e. The van der Waals surface area contributed by atoms with Crippen LogP contribution in [0.2, 0.25) is 0 Å². The molecule has 0 spiro atoms. The van der Waals surface area contributed by atoms with Gasteiger partial charge in [0.15, 0.2) is 11.6 Å². The number of hydrogen-bond donors (Lipinski definition) is 1. The molecule has 3 heterocycles. The molecule has 1 saturated heterocycles. The van der Waals surface area contributed by atoms with Crippen LogP contribution in [0.4, 0.5) is 0 Å². The normalized spacial score (nSPS) is 19.3. The Bertz CT molecular complexity index is 970. The molecule has 2 unspecified atom stereocenters. The van der Waals surface area contributed by atoms with Crippen LogP contribution in [0.5, 0.6) is 0 Å². The molecule has 3 aromatic rings. The van der Waals surface area contributed by atoms with E-state index in [9.17, 15) is 0 Å². The first kappa shape index (κ1) is 23.5. The van der Waals surface area contributed by atoms with Crippen LogP contribution in [-0.2, 0) is 6.42 Å². The van der Waals surface area contributed by atoms with Gasteiger partial charge in [-0.15, -0.1) is 34.2 Å². The molecule has 1 aromatic carbocycles. The molecule has 0 saturated carbocycles. The van der Waals surface area contributed by atoms with E-state index in [0.29, 0.717) is 11.8 Å². The van der Waals surface area contributed by atoms with Crippen LogP contribution >= 0.6 is 24.0 Å². The lowest BCUT2D eigenvalue weighted by Crippen LogP contribution is -2.48. The van der Waals surface area contributed by atoms with E-state index in [1.54, 1.807) is 0 Å². The summed E-state index contributed by atoms with van der Waals surface area (Å²) in [5, 5.41) is 12.1. The second-order valence-corrected chi connectivity index (χ2v) is 8.04. The Morgan fingerprint density at radius 2 is 1.94 bits per heavy atom. The third-order valence-corrected chi connectivity index (χ3v) is 6.24. The molecular weight excluding hydrogens is 499 g/mol. The van der Waals surface area contributed by atoms with Gasteiger partial charge < -0.3 is 10.2 Å². The Labute approximate surface area is 202 Å². The molecule has 1 aliphatic heterocycles. The van der Waals surface area contributed by atoms with Crippen LogP contribution in [0.15, 0.2) is 59.7 Å². The number of nitrogens with zero attached hydrogens (tertiary/aromatic N) is 5. The highest BCUT2D eigenvalue weighted by molar-refractivity contribution is 14.0. The molecule has 7 heteroatoms. The Hall–Kier alpha value is -2.16. The maximum Gasteiger partial charge on any atom is 0.193 e. The van der Waals surface area contributed by atoms with Gasteiger partial charge in [-0.25, -0.2) is 0 Å². The molecule has 2 atom stereocenters. The topological polar surface area (TPSA) is 57.8 Å². The van der Waals surface area contributed by atoms with E-state index in [2.05, 4.69) is 67.1 Å². The molecule has 0 radical (unpaired) electrons. The SMILES string of the molecule is CCC1CN(C(=NC)NCCCc2nnc3ccccn23)CCC1c1ccccc1.I. The Balaban J connectivity index is 0.00000272. The van der Waals surface area contributed by atoms with Crippen LogP contribution in [0.3, 0.4) is 0 Å². The van der Waals surface area contributed by atoms with Gasteiger partial charge in [0.1, 0.15) is 5.82 Å². The number of likely N-dealkylation sites (tertiary alicyclic amines) is 1. The molecule has 4 rings (SSSR count). The summed E-state index contributed by atoms with van der Waals surface area (Å²) in [6.45, 7) is 5.29. The fourth-order valence-electron chi connectivity index (χ4n) is 4.62. The Kier molecular flexibility index (Phi) is 8.69. The summed E-state index contributed by atoms with van der Waals surface area (Å²) in [5.74, 6) is 3.33. The summed E-state index contributed by atoms with van der Waals surface area (Å²) in [6.07, 6.45) is 6.27. The minimum Gasteiger partial charge on any atom is -0.356 e. The highest BCUT2D eigenvalue weighted by atomic mass is 127. The minimum atomic E-state index is 0. The molecule has 1 aliphatic rings. The minimum absolute atomic E-state index is 0. The lowest BCUT2D eigenvalue weighted by molar-refractivity contribution is 0.215. The van der Waals surface area contributed by atoms with Gasteiger partial charge in [-0.2, -0.15) is 0 Å². The first-order valence-corrected chi connectivity index (χ1v) is 11.1. The van der Waals surface area contributed by atoms with Crippen molar-refractivity contribution in [2.75, 3.05) is 26.7 Å². The molecule has 31 heavy (non-hydrogen) atoms. The molecule has 0 bridgehead atoms. The zero-order valence-corrected chi connectivity index (χ0v) is 20.8. The van der Waals surface area contributed by atoms with Gasteiger partial charge in [-0.1, -0.05) is 49.7 Å². The fraction of sp³-hybridized carbons (Fsp3) is 0.458. The number of aryl methyl sites for hydroxylation is 1. The molecule has 1 fully saturated rings. The van der Waals surface area contributed by atoms with E-state index in [0.717, 1.165) is 49.9 Å². The third kappa shape index (κ3) is 5.56. The average molecular weight is 532 g/mol. The summed E-state index contributed by atoms with van der Waals surface area (Å²) < 4.78 is 2.06. The number of rotatable bonds is 6. The van der Waals surface area contributed by atoms with Crippen LogP contribution < -0.4 is 5.32 Å². The highest BCUT2D eigenvalue weighted by Crippen LogP contribution is 2.34. The predicted octanol–water partition coefficient (Wildman–Crippen LogP) is 4.37. The molecule has 0 amide bonds. The van der Waals surface area contributed by atoms with Gasteiger partial charge in [0.25, 0.3) is 0 Å². The quantitative estimate of drug-likeness (QED) is 0.222. The smallest absolute Gasteiger partial charge is 0.193 e. The monoisotopic (exact) mass is 532 g/mol. The molecule has 6 nitrogen and oxygen atoms in total. The Morgan fingerprint density at radius 3 is 2.71 bits per heavy atom. The number of hydrogen-bond acceptors (Lipinski definition) is 3. The van der Waals surface area contributed by atoms with Crippen molar-refractivity contribution in [1.82, 2.24) is 24.8 Å². The van der Waals surface area contributed by atoms with Gasteiger partial charge in [0, 0.05) is 39.3 Å². The molecule has 2 aromatic heterocycles. The van der Waals surface area contributed by atoms with Crippen molar-refractivity contribution in [3.05, 3.63) is 66.1 Å². The maximum absolute atomic E-state index is 4.56. The van der Waals surface area contributed by atoms with E-state index in [1.165, 1.54) is 18.4 Å². The summed E-state index contributed by atoms with van der Waals surface area (Å²) in [4.78, 5) is 6.99. The zero-order valence-electron chi connectivity index (χ0n) is 18.4. The van der Waals surface area contributed by atoms with E-state index in [-0.39, 0.29) is 24.0 Å². The predicted molar refractivity (Wildman–Crippen MR) is 137 cm³/mol. The zero-order chi connectivity index (χ0) is 20.8. The van der Waals surface area contributed by atoms with Crippen LogP contribution in [-0.4, -0.2) is 52.1 Å². The standard InChI is InChI=1S/C24H32N6.HI/c1-3-19-18-29(17-14-21(19)20-10-5-4-6-11-20)24(25-2)26-15-9-13-23-28-27-22-12-7-8-16-30(22)23;/h4-8,10-12,16,19,21H,3,9,13-15,17-18H2,1-2H3,(H,25,26);1H. The summed E-state index contributed by atoms with van der Waals surface area (Å²) in [7, 11) is 1.89. The summed E-state index contributed by atoms with van der Waals surface area (Å²) in [6, 6.07) is 17.0. The van der Waals surface area contributed by atoms with Crippen molar-refractivity contribution in [3.63, 3.8) is 0 Å². The molecule has 0 aliphatic carbocycles. The molecule has 166 valence electrons. The number of aromatic nitrogens is 3. The number of guanidine groups is 1. The number of pyridine rings is 1.